The second-order valence-electron chi connectivity index (χ2n) is 9.95. The first-order valence-corrected chi connectivity index (χ1v) is 20.1. The van der Waals surface area contributed by atoms with Crippen molar-refractivity contribution in [2.75, 3.05) is 0 Å². The molecule has 0 nitrogen and oxygen atoms in total. The molecule has 2 atom stereocenters. The normalized spacial score (nSPS) is 17.1. The molecule has 0 aliphatic heterocycles. The van der Waals surface area contributed by atoms with Gasteiger partial charge in [0.25, 0.3) is 0 Å². The molecule has 0 radical (unpaired) electrons. The number of fused-ring (bicyclic) bond motifs is 4. The molecule has 2 aliphatic carbocycles. The van der Waals surface area contributed by atoms with Gasteiger partial charge in [-0.1, -0.05) is 0 Å². The van der Waals surface area contributed by atoms with Crippen LogP contribution in [0.2, 0.25) is 0 Å². The van der Waals surface area contributed by atoms with E-state index in [1.807, 2.05) is 0 Å². The Morgan fingerprint density at radius 2 is 0.973 bits per heavy atom. The van der Waals surface area contributed by atoms with Crippen molar-refractivity contribution >= 4 is 17.8 Å². The minimum absolute atomic E-state index is 0.180. The maximum atomic E-state index is 8.59. The molecule has 7 rings (SSSR count). The first-order valence-electron chi connectivity index (χ1n) is 12.9. The minimum atomic E-state index is -4.05. The Bertz CT molecular complexity index is 1610. The fraction of sp³-hybridized carbons (Fsp3) is 0.0571. The molecule has 0 amide bonds. The third-order valence-corrected chi connectivity index (χ3v) is 22.2. The second kappa shape index (κ2) is 9.32. The molecule has 2 heteroatoms. The quantitative estimate of drug-likeness (QED) is 0.201. The molecule has 0 bridgehead atoms. The van der Waals surface area contributed by atoms with Gasteiger partial charge in [-0.2, -0.15) is 0 Å². The molecule has 37 heavy (non-hydrogen) atoms. The molecular formula is C35H26ClZr. The number of hydrogen-bond acceptors (Lipinski definition) is 0. The van der Waals surface area contributed by atoms with E-state index in [0.29, 0.717) is 0 Å². The molecule has 2 unspecified atom stereocenters. The monoisotopic (exact) mass is 571 g/mol. The van der Waals surface area contributed by atoms with E-state index < -0.39 is 18.6 Å². The second-order valence-corrected chi connectivity index (χ2v) is 21.6. The Kier molecular flexibility index (Phi) is 5.80. The Morgan fingerprint density at radius 1 is 0.514 bits per heavy atom. The summed E-state index contributed by atoms with van der Waals surface area (Å²) in [7, 11) is 8.59. The Balaban J connectivity index is 1.66. The number of hydrogen-bond donors (Lipinski definition) is 0. The van der Waals surface area contributed by atoms with Crippen molar-refractivity contribution in [2.24, 2.45) is 0 Å². The van der Waals surface area contributed by atoms with Crippen molar-refractivity contribution in [3.63, 3.8) is 0 Å². The SMILES string of the molecule is [Cl][Zr](=[C](c1ccccc1)c1ccccc1)([CH]1C=Cc2ccccc21)[CH]1c2ccccc2-c2ccccc21. The molecule has 0 saturated carbocycles. The van der Waals surface area contributed by atoms with Gasteiger partial charge in [0.05, 0.1) is 0 Å². The fourth-order valence-corrected chi connectivity index (χ4v) is 21.8. The van der Waals surface area contributed by atoms with Crippen molar-refractivity contribution < 1.29 is 18.6 Å². The average molecular weight is 573 g/mol. The van der Waals surface area contributed by atoms with Crippen LogP contribution in [0.1, 0.15) is 40.6 Å². The predicted molar refractivity (Wildman–Crippen MR) is 154 cm³/mol. The van der Waals surface area contributed by atoms with Crippen LogP contribution in [0.4, 0.5) is 0 Å². The van der Waals surface area contributed by atoms with Crippen LogP contribution in [-0.2, 0) is 18.6 Å². The summed E-state index contributed by atoms with van der Waals surface area (Å²) < 4.78 is 1.76. The predicted octanol–water partition coefficient (Wildman–Crippen LogP) is 9.10. The molecule has 5 aromatic rings. The van der Waals surface area contributed by atoms with Gasteiger partial charge in [-0.3, -0.25) is 0 Å². The third kappa shape index (κ3) is 3.64. The first-order chi connectivity index (χ1) is 18.3. The topological polar surface area (TPSA) is 0 Å². The van der Waals surface area contributed by atoms with Crippen molar-refractivity contribution in [1.29, 1.82) is 0 Å². The van der Waals surface area contributed by atoms with Gasteiger partial charge in [0.2, 0.25) is 0 Å². The van der Waals surface area contributed by atoms with E-state index >= 15 is 0 Å². The molecule has 177 valence electrons. The van der Waals surface area contributed by atoms with Crippen LogP contribution in [0.25, 0.3) is 17.2 Å². The summed E-state index contributed by atoms with van der Waals surface area (Å²) in [4.78, 5) is 0. The van der Waals surface area contributed by atoms with Gasteiger partial charge in [-0.05, 0) is 0 Å². The molecule has 2 aliphatic rings. The van der Waals surface area contributed by atoms with Gasteiger partial charge < -0.3 is 0 Å². The van der Waals surface area contributed by atoms with Gasteiger partial charge in [-0.15, -0.1) is 0 Å². The van der Waals surface area contributed by atoms with Crippen molar-refractivity contribution in [3.05, 3.63) is 173 Å². The maximum absolute atomic E-state index is 8.59. The fourth-order valence-electron chi connectivity index (χ4n) is 6.52. The van der Waals surface area contributed by atoms with E-state index in [1.165, 1.54) is 47.7 Å². The van der Waals surface area contributed by atoms with Crippen molar-refractivity contribution in [1.82, 2.24) is 0 Å². The number of allylic oxidation sites excluding steroid dienone is 1. The third-order valence-electron chi connectivity index (χ3n) is 8.01. The number of rotatable bonds is 4. The molecule has 0 fully saturated rings. The van der Waals surface area contributed by atoms with E-state index in [-0.39, 0.29) is 7.25 Å². The van der Waals surface area contributed by atoms with E-state index in [4.69, 9.17) is 8.51 Å². The van der Waals surface area contributed by atoms with Crippen LogP contribution >= 0.6 is 8.51 Å². The summed E-state index contributed by atoms with van der Waals surface area (Å²) in [6.07, 6.45) is 4.72. The Hall–Kier alpha value is -3.12. The Labute approximate surface area is 226 Å². The van der Waals surface area contributed by atoms with Crippen molar-refractivity contribution in [2.45, 2.75) is 7.25 Å². The van der Waals surface area contributed by atoms with Gasteiger partial charge >= 0.3 is 228 Å². The first kappa shape index (κ1) is 23.0. The molecule has 0 spiro atoms. The summed E-state index contributed by atoms with van der Waals surface area (Å²) in [6, 6.07) is 48.6. The number of benzene rings is 5. The van der Waals surface area contributed by atoms with Crippen LogP contribution in [-0.4, -0.2) is 3.21 Å². The molecule has 0 aromatic heterocycles. The zero-order valence-electron chi connectivity index (χ0n) is 20.4. The van der Waals surface area contributed by atoms with E-state index in [1.54, 1.807) is 0 Å². The van der Waals surface area contributed by atoms with Gasteiger partial charge in [-0.25, -0.2) is 0 Å². The summed E-state index contributed by atoms with van der Waals surface area (Å²) in [5.74, 6) is 0. The number of halogens is 1. The summed E-state index contributed by atoms with van der Waals surface area (Å²) in [6.45, 7) is 0. The van der Waals surface area contributed by atoms with E-state index in [9.17, 15) is 0 Å². The molecule has 5 aromatic carbocycles. The molecule has 0 N–H and O–H groups in total. The van der Waals surface area contributed by atoms with Gasteiger partial charge in [0.1, 0.15) is 0 Å². The van der Waals surface area contributed by atoms with Gasteiger partial charge in [0, 0.05) is 0 Å². The van der Waals surface area contributed by atoms with E-state index in [2.05, 4.69) is 146 Å². The summed E-state index contributed by atoms with van der Waals surface area (Å²) >= 11 is -4.05. The zero-order valence-corrected chi connectivity index (χ0v) is 23.6. The zero-order chi connectivity index (χ0) is 24.8. The Morgan fingerprint density at radius 3 is 1.54 bits per heavy atom. The molecule has 0 heterocycles. The van der Waals surface area contributed by atoms with Crippen LogP contribution < -0.4 is 0 Å². The van der Waals surface area contributed by atoms with Crippen molar-refractivity contribution in [3.8, 4) is 11.1 Å². The van der Waals surface area contributed by atoms with Crippen LogP contribution in [0.15, 0.2) is 140 Å². The van der Waals surface area contributed by atoms with Crippen LogP contribution in [0.3, 0.4) is 0 Å². The van der Waals surface area contributed by atoms with E-state index in [0.717, 1.165) is 0 Å². The molecule has 0 saturated heterocycles. The van der Waals surface area contributed by atoms with Crippen LogP contribution in [0, 0.1) is 0 Å². The summed E-state index contributed by atoms with van der Waals surface area (Å²) in [5, 5.41) is 0. The molecular weight excluding hydrogens is 547 g/mol. The van der Waals surface area contributed by atoms with Gasteiger partial charge in [0.15, 0.2) is 0 Å². The standard InChI is InChI=1S/C13H9.C13H10.C9H7.ClH.Zr/c1-3-7-12-10(5-1)9-11-6-2-4-8-13(11)12;1-3-7-12(8-4-1)11-13-9-5-2-6-10-13;1-2-5-9-7-3-6-8(9)4-1;;/h1-9H;1-10H;1-7H;1H;/q;;;;+1/p-1. The van der Waals surface area contributed by atoms with Crippen LogP contribution in [0.5, 0.6) is 0 Å². The summed E-state index contributed by atoms with van der Waals surface area (Å²) in [5.41, 5.74) is 10.6. The average Bonchev–Trinajstić information content (AvgIpc) is 3.55.